The summed E-state index contributed by atoms with van der Waals surface area (Å²) in [6.45, 7) is 17.7. The van der Waals surface area contributed by atoms with E-state index in [1.54, 1.807) is 13.8 Å². The Morgan fingerprint density at radius 1 is 0.571 bits per heavy atom. The van der Waals surface area contributed by atoms with Crippen molar-refractivity contribution >= 4 is 39.2 Å². The molecule has 4 radical (unpaired) electrons. The molecule has 0 spiro atoms. The first-order chi connectivity index (χ1) is 38.1. The van der Waals surface area contributed by atoms with E-state index in [-0.39, 0.29) is 184 Å². The molecule has 2 aliphatic rings. The number of rotatable bonds is 42. The Balaban J connectivity index is -0.000000621. The Morgan fingerprint density at radius 2 is 0.988 bits per heavy atom. The van der Waals surface area contributed by atoms with Crippen LogP contribution in [-0.2, 0) is 209 Å². The number of methoxy groups -OCH3 is 1. The second kappa shape index (κ2) is 60.6. The van der Waals surface area contributed by atoms with Crippen LogP contribution in [0, 0.1) is 11.8 Å². The van der Waals surface area contributed by atoms with E-state index in [1.807, 2.05) is 0 Å². The molecule has 0 saturated carbocycles. The van der Waals surface area contributed by atoms with Gasteiger partial charge in [0, 0.05) is 168 Å². The monoisotopic (exact) mass is 1600 g/mol. The summed E-state index contributed by atoms with van der Waals surface area (Å²) >= 11 is 0. The summed E-state index contributed by atoms with van der Waals surface area (Å²) in [7, 11) is -8.69. The molecule has 0 amide bonds. The predicted octanol–water partition coefficient (Wildman–Crippen LogP) is 3.52. The van der Waals surface area contributed by atoms with E-state index in [4.69, 9.17) is 70.7 Å². The van der Waals surface area contributed by atoms with Crippen LogP contribution in [0.15, 0.2) is 0 Å². The Morgan fingerprint density at radius 3 is 1.36 bits per heavy atom. The van der Waals surface area contributed by atoms with E-state index in [0.717, 1.165) is 20.0 Å². The largest absolute Gasteiger partial charge is 0.508 e. The normalized spacial score (nSPS) is 24.0. The zero-order valence-electron chi connectivity index (χ0n) is 50.8. The molecule has 36 heteroatoms. The van der Waals surface area contributed by atoms with Crippen molar-refractivity contribution in [2.24, 2.45) is 11.8 Å². The van der Waals surface area contributed by atoms with Crippen molar-refractivity contribution in [1.29, 1.82) is 0 Å². The number of aliphatic hydroxyl groups excluding tert-OH is 9. The van der Waals surface area contributed by atoms with Gasteiger partial charge in [-0.25, -0.2) is 4.79 Å². The molecule has 14 atom stereocenters. The third-order valence-corrected chi connectivity index (χ3v) is 16.9. The van der Waals surface area contributed by atoms with Crippen molar-refractivity contribution in [3.63, 3.8) is 0 Å². The number of carbonyl (C=O) groups is 1. The smallest absolute Gasteiger partial charge is 0.438 e. The van der Waals surface area contributed by atoms with Crippen LogP contribution in [0.5, 0.6) is 0 Å². The fraction of sp³-hybridized carbons (Fsp3) is 0.979. The molecule has 0 aromatic carbocycles. The average Bonchev–Trinajstić information content (AvgIpc) is 3.43. The van der Waals surface area contributed by atoms with Crippen LogP contribution < -0.4 is 0 Å². The van der Waals surface area contributed by atoms with E-state index in [9.17, 15) is 49.1 Å². The Labute approximate surface area is 601 Å². The topological polar surface area (TPSA) is 383 Å². The fourth-order valence-corrected chi connectivity index (χ4v) is 11.5. The maximum atomic E-state index is 12.4. The molecule has 2 rings (SSSR count). The second-order valence-electron chi connectivity index (χ2n) is 19.1. The molecule has 9 N–H and O–H groups in total. The first kappa shape index (κ1) is 96.6. The van der Waals surface area contributed by atoms with Crippen molar-refractivity contribution in [1.82, 2.24) is 4.67 Å². The summed E-state index contributed by atoms with van der Waals surface area (Å²) in [5, 5.41) is 82.9. The molecular formula is C48H101NO27P4Y4. The Kier molecular flexibility index (Phi) is 69.7. The van der Waals surface area contributed by atoms with Crippen LogP contribution in [-0.4, -0.2) is 243 Å². The van der Waals surface area contributed by atoms with Gasteiger partial charge in [0.2, 0.25) is 0 Å². The van der Waals surface area contributed by atoms with E-state index < -0.39 is 139 Å². The van der Waals surface area contributed by atoms with E-state index in [1.165, 1.54) is 0 Å². The Bertz CT molecular complexity index is 1530. The van der Waals surface area contributed by atoms with Crippen molar-refractivity contribution in [2.75, 3.05) is 106 Å². The molecule has 0 aromatic rings. The van der Waals surface area contributed by atoms with Gasteiger partial charge in [-0.3, -0.25) is 18.4 Å². The fourth-order valence-electron chi connectivity index (χ4n) is 7.57. The summed E-state index contributed by atoms with van der Waals surface area (Å²) in [5.41, 5.74) is 0. The maximum absolute atomic E-state index is 12.4. The molecule has 2 aliphatic heterocycles. The molecular weight excluding hydrogens is 1500 g/mol. The van der Waals surface area contributed by atoms with E-state index in [0.29, 0.717) is 69.9 Å². The zero-order valence-corrected chi connectivity index (χ0v) is 66.0. The van der Waals surface area contributed by atoms with Crippen molar-refractivity contribution in [3.05, 3.63) is 0 Å². The molecule has 0 aromatic heterocycles. The average molecular weight is 1600 g/mol. The van der Waals surface area contributed by atoms with E-state index in [2.05, 4.69) is 62.4 Å². The minimum absolute atomic E-state index is 0. The van der Waals surface area contributed by atoms with Gasteiger partial charge in [-0.15, -0.1) is 0 Å². The van der Waals surface area contributed by atoms with Crippen LogP contribution >= 0.6 is 33.1 Å². The summed E-state index contributed by atoms with van der Waals surface area (Å²) < 4.78 is 114. The number of unbranched alkanes of at least 4 members (excludes halogenated alkanes) is 4. The SMILES string of the molecule is CCC(CC)OCCOP(C)N(C(C)C)C(C)C.COC(=O)OCCO[PH](=O)OC(CO[PH](=O)OCCCCCOC1OC(CO)C(O)C(O)C1C)CO[PH](=O)OCCCCCOC1OC(CO)C(O)C(O)C1C.OCC(O)CO.[Y].[Y].[Y].[Y]. The van der Waals surface area contributed by atoms with Gasteiger partial charge in [0.15, 0.2) is 12.6 Å². The molecule has 14 unspecified atom stereocenters. The molecule has 2 fully saturated rings. The van der Waals surface area contributed by atoms with Crippen LogP contribution in [0.25, 0.3) is 0 Å². The second-order valence-corrected chi connectivity index (χ2v) is 24.0. The first-order valence-corrected chi connectivity index (χ1v) is 32.7. The molecule has 28 nitrogen and oxygen atoms in total. The minimum atomic E-state index is -3.21. The summed E-state index contributed by atoms with van der Waals surface area (Å²) in [6, 6.07) is 1.06. The third kappa shape index (κ3) is 44.6. The number of hydrogen-bond acceptors (Lipinski definition) is 28. The molecule has 2 saturated heterocycles. The van der Waals surface area contributed by atoms with Gasteiger partial charge in [0.05, 0.1) is 98.1 Å². The quantitative estimate of drug-likeness (QED) is 0.0240. The predicted molar refractivity (Wildman–Crippen MR) is 295 cm³/mol. The number of carbonyl (C=O) groups excluding carboxylic acids is 1. The van der Waals surface area contributed by atoms with Gasteiger partial charge in [-0.2, -0.15) is 0 Å². The van der Waals surface area contributed by atoms with Crippen molar-refractivity contribution in [3.8, 4) is 0 Å². The van der Waals surface area contributed by atoms with Gasteiger partial charge in [-0.05, 0) is 85.7 Å². The summed E-state index contributed by atoms with van der Waals surface area (Å²) in [6.07, 6.45) is -5.32. The number of hydrogen-bond donors (Lipinski definition) is 9. The molecule has 0 aliphatic carbocycles. The van der Waals surface area contributed by atoms with Gasteiger partial charge in [-0.1, -0.05) is 27.7 Å². The summed E-state index contributed by atoms with van der Waals surface area (Å²) in [4.78, 5) is 11.1. The molecule has 0 bridgehead atoms. The standard InChI is InChI=1S/C31H61O22P3.C14H32NO2P.C3H8O3.4Y/c1-20-25(34)27(36)23(16-32)51-29(20)43-10-6-4-8-12-46-54(39)49-18-22(53-56(41)48-15-14-45-31(38)42-3)19-50-55(40)47-13-9-5-7-11-44-30-21(2)26(35)28(37)24(17-33)52-30;1-8-14(9-2)16-10-11-17-18(7)15(12(3)4)13(5)6;4-1-3(6)2-5;;;;/h20-30,32-37,54-56H,4-19H2,1-3H3;12-14H,8-11H2,1-7H3;3-6H,1-2H2;;;;. The summed E-state index contributed by atoms with van der Waals surface area (Å²) in [5.74, 6) is -1.02. The third-order valence-electron chi connectivity index (χ3n) is 12.1. The maximum Gasteiger partial charge on any atom is 0.508 e. The zero-order chi connectivity index (χ0) is 60.6. The molecule has 492 valence electrons. The molecule has 2 heterocycles. The van der Waals surface area contributed by atoms with Gasteiger partial charge in [0.25, 0.3) is 0 Å². The van der Waals surface area contributed by atoms with Gasteiger partial charge >= 0.3 is 30.9 Å². The van der Waals surface area contributed by atoms with Crippen LogP contribution in [0.2, 0.25) is 0 Å². The van der Waals surface area contributed by atoms with Crippen LogP contribution in [0.3, 0.4) is 0 Å². The van der Waals surface area contributed by atoms with E-state index >= 15 is 0 Å². The number of aliphatic hydroxyl groups is 9. The van der Waals surface area contributed by atoms with Crippen molar-refractivity contribution < 1.29 is 260 Å². The Hall–Kier alpha value is 3.93. The van der Waals surface area contributed by atoms with Crippen molar-refractivity contribution in [2.45, 2.75) is 186 Å². The molecule has 84 heavy (non-hydrogen) atoms. The number of ether oxygens (including phenoxy) is 7. The van der Waals surface area contributed by atoms with Gasteiger partial charge < -0.3 is 111 Å². The van der Waals surface area contributed by atoms with Crippen LogP contribution in [0.4, 0.5) is 4.79 Å². The minimum Gasteiger partial charge on any atom is -0.438 e. The number of nitrogens with zero attached hydrogens (tertiary/aromatic N) is 1. The first-order valence-electron chi connectivity index (χ1n) is 27.3. The van der Waals surface area contributed by atoms with Crippen LogP contribution in [0.1, 0.15) is 107 Å². The van der Waals surface area contributed by atoms with Gasteiger partial charge in [0.1, 0.15) is 51.5 Å².